The first-order chi connectivity index (χ1) is 13.6. The standard InChI is InChI=1S/C22H21N3O3/c23-12-24-7-6-22-15-3-1-2-4-16(15)25-19(27)10-17-20(21(22)25)14(9-18(22)26)13(11-24)5-8-28-17/h1-5,14,17,20-21H,6-11H2. The minimum absolute atomic E-state index is 0.0389. The Morgan fingerprint density at radius 2 is 2.07 bits per heavy atom. The van der Waals surface area contributed by atoms with E-state index in [1.54, 1.807) is 4.90 Å². The lowest BCUT2D eigenvalue weighted by atomic mass is 9.55. The number of para-hydroxylation sites is 1. The van der Waals surface area contributed by atoms with E-state index in [9.17, 15) is 14.9 Å². The maximum atomic E-state index is 13.8. The van der Waals surface area contributed by atoms with Gasteiger partial charge in [-0.2, -0.15) is 5.26 Å². The van der Waals surface area contributed by atoms with E-state index in [4.69, 9.17) is 4.74 Å². The fourth-order valence-corrected chi connectivity index (χ4v) is 6.58. The third-order valence-corrected chi connectivity index (χ3v) is 7.66. The normalized spacial score (nSPS) is 38.0. The molecule has 142 valence electrons. The molecule has 0 radical (unpaired) electrons. The number of carbonyl (C=O) groups is 2. The lowest BCUT2D eigenvalue weighted by molar-refractivity contribution is -0.140. The van der Waals surface area contributed by atoms with Gasteiger partial charge >= 0.3 is 0 Å². The van der Waals surface area contributed by atoms with E-state index < -0.39 is 5.41 Å². The van der Waals surface area contributed by atoms with Crippen molar-refractivity contribution in [1.29, 1.82) is 5.26 Å². The number of nitriles is 1. The van der Waals surface area contributed by atoms with Gasteiger partial charge < -0.3 is 14.5 Å². The van der Waals surface area contributed by atoms with Crippen LogP contribution in [0.3, 0.4) is 0 Å². The van der Waals surface area contributed by atoms with Crippen LogP contribution in [0.2, 0.25) is 0 Å². The highest BCUT2D eigenvalue weighted by molar-refractivity contribution is 6.06. The summed E-state index contributed by atoms with van der Waals surface area (Å²) >= 11 is 0. The predicted octanol–water partition coefficient (Wildman–Crippen LogP) is 1.76. The van der Waals surface area contributed by atoms with Crippen LogP contribution in [0.1, 0.15) is 24.8 Å². The zero-order valence-electron chi connectivity index (χ0n) is 15.5. The van der Waals surface area contributed by atoms with E-state index in [0.717, 1.165) is 16.8 Å². The van der Waals surface area contributed by atoms with Crippen LogP contribution in [-0.4, -0.2) is 48.4 Å². The average Bonchev–Trinajstić information content (AvgIpc) is 2.95. The van der Waals surface area contributed by atoms with E-state index in [-0.39, 0.29) is 35.7 Å². The molecule has 7 rings (SSSR count). The number of Topliss-reactive ketones (excluding diaryl/α,β-unsaturated/α-hetero) is 1. The van der Waals surface area contributed by atoms with Crippen LogP contribution < -0.4 is 4.90 Å². The lowest BCUT2D eigenvalue weighted by Gasteiger charge is -2.53. The van der Waals surface area contributed by atoms with Crippen LogP contribution >= 0.6 is 0 Å². The summed E-state index contributed by atoms with van der Waals surface area (Å²) in [6.07, 6.45) is 5.60. The smallest absolute Gasteiger partial charge is 0.229 e. The fraction of sp³-hybridized carbons (Fsp3) is 0.500. The molecule has 0 N–H and O–H groups in total. The summed E-state index contributed by atoms with van der Waals surface area (Å²) in [4.78, 5) is 30.6. The van der Waals surface area contributed by atoms with Gasteiger partial charge in [-0.05, 0) is 29.5 Å². The van der Waals surface area contributed by atoms with Crippen molar-refractivity contribution in [2.45, 2.75) is 36.8 Å². The monoisotopic (exact) mass is 375 g/mol. The highest BCUT2D eigenvalue weighted by Gasteiger charge is 2.67. The van der Waals surface area contributed by atoms with E-state index in [1.165, 1.54) is 0 Å². The molecule has 5 unspecified atom stereocenters. The maximum absolute atomic E-state index is 13.8. The van der Waals surface area contributed by atoms with E-state index in [1.807, 2.05) is 29.2 Å². The number of hydrogen-bond acceptors (Lipinski definition) is 5. The first kappa shape index (κ1) is 16.3. The zero-order valence-corrected chi connectivity index (χ0v) is 15.5. The topological polar surface area (TPSA) is 73.6 Å². The minimum Gasteiger partial charge on any atom is -0.373 e. The third kappa shape index (κ3) is 1.81. The van der Waals surface area contributed by atoms with Crippen LogP contribution in [0.25, 0.3) is 0 Å². The van der Waals surface area contributed by atoms with E-state index in [2.05, 4.69) is 12.3 Å². The molecule has 1 spiro atoms. The second kappa shape index (κ2) is 5.45. The Morgan fingerprint density at radius 1 is 1.21 bits per heavy atom. The largest absolute Gasteiger partial charge is 0.373 e. The number of benzene rings is 1. The summed E-state index contributed by atoms with van der Waals surface area (Å²) in [5, 5.41) is 9.69. The Balaban J connectivity index is 1.65. The Labute approximate surface area is 163 Å². The molecule has 0 aromatic heterocycles. The van der Waals surface area contributed by atoms with Crippen molar-refractivity contribution in [2.24, 2.45) is 11.8 Å². The van der Waals surface area contributed by atoms with Gasteiger partial charge in [-0.1, -0.05) is 24.3 Å². The zero-order chi connectivity index (χ0) is 19.0. The number of piperidine rings is 1. The molecule has 3 saturated heterocycles. The quantitative estimate of drug-likeness (QED) is 0.510. The molecule has 5 heterocycles. The summed E-state index contributed by atoms with van der Waals surface area (Å²) in [6, 6.07) is 7.67. The molecule has 1 saturated carbocycles. The van der Waals surface area contributed by atoms with Crippen molar-refractivity contribution >= 4 is 17.4 Å². The third-order valence-electron chi connectivity index (χ3n) is 7.66. The Hall–Kier alpha value is -2.65. The van der Waals surface area contributed by atoms with Gasteiger partial charge in [0.2, 0.25) is 5.91 Å². The average molecular weight is 375 g/mol. The van der Waals surface area contributed by atoms with Crippen molar-refractivity contribution in [3.63, 3.8) is 0 Å². The molecule has 1 aromatic rings. The lowest BCUT2D eigenvalue weighted by Crippen LogP contribution is -2.66. The molecule has 6 nitrogen and oxygen atoms in total. The molecule has 6 aliphatic rings. The number of carbonyl (C=O) groups excluding carboxylic acids is 2. The Bertz CT molecular complexity index is 979. The number of ether oxygens (including phenoxy) is 1. The molecule has 4 bridgehead atoms. The van der Waals surface area contributed by atoms with E-state index >= 15 is 0 Å². The number of amides is 1. The second-order valence-electron chi connectivity index (χ2n) is 8.63. The Kier molecular flexibility index (Phi) is 3.18. The molecular formula is C22H21N3O3. The van der Waals surface area contributed by atoms with Gasteiger partial charge in [0, 0.05) is 31.1 Å². The molecule has 28 heavy (non-hydrogen) atoms. The van der Waals surface area contributed by atoms with Gasteiger partial charge in [0.25, 0.3) is 0 Å². The number of nitrogens with zero attached hydrogens (tertiary/aromatic N) is 3. The molecule has 6 heteroatoms. The fourth-order valence-electron chi connectivity index (χ4n) is 6.58. The van der Waals surface area contributed by atoms with Crippen molar-refractivity contribution < 1.29 is 14.3 Å². The summed E-state index contributed by atoms with van der Waals surface area (Å²) in [6.45, 7) is 1.53. The number of fused-ring (bicyclic) bond motifs is 6. The van der Waals surface area contributed by atoms with Gasteiger partial charge in [0.1, 0.15) is 5.78 Å². The summed E-state index contributed by atoms with van der Waals surface area (Å²) in [5.74, 6) is 0.399. The first-order valence-electron chi connectivity index (χ1n) is 10.1. The van der Waals surface area contributed by atoms with Crippen LogP contribution in [0.15, 0.2) is 35.9 Å². The van der Waals surface area contributed by atoms with Crippen LogP contribution in [-0.2, 0) is 19.7 Å². The van der Waals surface area contributed by atoms with Gasteiger partial charge in [0.05, 0.1) is 30.6 Å². The van der Waals surface area contributed by atoms with Gasteiger partial charge in [-0.25, -0.2) is 0 Å². The highest BCUT2D eigenvalue weighted by Crippen LogP contribution is 2.60. The molecule has 1 aromatic carbocycles. The van der Waals surface area contributed by atoms with E-state index in [0.29, 0.717) is 39.0 Å². The maximum Gasteiger partial charge on any atom is 0.229 e. The summed E-state index contributed by atoms with van der Waals surface area (Å²) < 4.78 is 6.15. The van der Waals surface area contributed by atoms with Crippen LogP contribution in [0.4, 0.5) is 5.69 Å². The van der Waals surface area contributed by atoms with Gasteiger partial charge in [0.15, 0.2) is 6.19 Å². The molecule has 4 fully saturated rings. The molecule has 5 aliphatic heterocycles. The first-order valence-corrected chi connectivity index (χ1v) is 10.1. The number of hydrogen-bond donors (Lipinski definition) is 0. The second-order valence-corrected chi connectivity index (χ2v) is 8.63. The van der Waals surface area contributed by atoms with Crippen LogP contribution in [0, 0.1) is 23.3 Å². The summed E-state index contributed by atoms with van der Waals surface area (Å²) in [5.41, 5.74) is 2.24. The summed E-state index contributed by atoms with van der Waals surface area (Å²) in [7, 11) is 0. The number of rotatable bonds is 0. The van der Waals surface area contributed by atoms with Gasteiger partial charge in [-0.15, -0.1) is 0 Å². The van der Waals surface area contributed by atoms with Crippen molar-refractivity contribution in [1.82, 2.24) is 4.90 Å². The highest BCUT2D eigenvalue weighted by atomic mass is 16.5. The number of anilines is 1. The molecular weight excluding hydrogens is 354 g/mol. The van der Waals surface area contributed by atoms with Gasteiger partial charge in [-0.3, -0.25) is 9.59 Å². The Morgan fingerprint density at radius 3 is 2.93 bits per heavy atom. The molecule has 1 aliphatic carbocycles. The minimum atomic E-state index is -0.732. The van der Waals surface area contributed by atoms with Crippen molar-refractivity contribution in [3.8, 4) is 6.19 Å². The SMILES string of the molecule is N#CN1CCC23C(=O)CC4C(=CCOC5CC(=O)N(c6ccccc62)C3C54)C1. The molecule has 1 amide bonds. The van der Waals surface area contributed by atoms with Crippen molar-refractivity contribution in [2.75, 3.05) is 24.6 Å². The molecule has 5 atom stereocenters. The van der Waals surface area contributed by atoms with Crippen LogP contribution in [0.5, 0.6) is 0 Å². The van der Waals surface area contributed by atoms with Crippen molar-refractivity contribution in [3.05, 3.63) is 41.5 Å². The predicted molar refractivity (Wildman–Crippen MR) is 100 cm³/mol. The number of ketones is 1.